The summed E-state index contributed by atoms with van der Waals surface area (Å²) in [5.74, 6) is 0.00831. The summed E-state index contributed by atoms with van der Waals surface area (Å²) in [4.78, 5) is 12.7. The van der Waals surface area contributed by atoms with Gasteiger partial charge < -0.3 is 5.32 Å². The third-order valence-corrected chi connectivity index (χ3v) is 4.85. The molecule has 0 aromatic heterocycles. The van der Waals surface area contributed by atoms with Gasteiger partial charge in [0.1, 0.15) is 0 Å². The molecule has 2 aromatic carbocycles. The minimum Gasteiger partial charge on any atom is -0.321 e. The zero-order valence-corrected chi connectivity index (χ0v) is 14.1. The molecule has 3 rings (SSSR count). The molecule has 2 heteroatoms. The second-order valence-corrected chi connectivity index (χ2v) is 6.30. The fourth-order valence-corrected chi connectivity index (χ4v) is 3.46. The number of benzene rings is 2. The van der Waals surface area contributed by atoms with Crippen LogP contribution in [0.4, 0.5) is 5.69 Å². The molecule has 0 saturated carbocycles. The molecule has 1 amide bonds. The van der Waals surface area contributed by atoms with Crippen LogP contribution in [0.3, 0.4) is 0 Å². The molecular formula is C21H25NO. The molecular weight excluding hydrogens is 282 g/mol. The maximum Gasteiger partial charge on any atom is 0.255 e. The maximum atomic E-state index is 12.7. The standard InChI is InChI=1S/C21H25NO/c1-3-15-10-7-11-16(4-2)20(15)22-21(23)19-13-12-17-8-5-6-9-18(17)14-19/h7,10-14H,3-6,8-9H2,1-2H3,(H,22,23). The SMILES string of the molecule is CCc1cccc(CC)c1NC(=O)c1ccc2c(c1)CCCC2. The smallest absolute Gasteiger partial charge is 0.255 e. The van der Waals surface area contributed by atoms with Gasteiger partial charge in [-0.1, -0.05) is 38.1 Å². The van der Waals surface area contributed by atoms with Crippen LogP contribution in [0, 0.1) is 0 Å². The van der Waals surface area contributed by atoms with Crippen LogP contribution in [0.2, 0.25) is 0 Å². The van der Waals surface area contributed by atoms with Gasteiger partial charge in [0.05, 0.1) is 0 Å². The fraction of sp³-hybridized carbons (Fsp3) is 0.381. The van der Waals surface area contributed by atoms with Gasteiger partial charge in [0.25, 0.3) is 5.91 Å². The molecule has 1 N–H and O–H groups in total. The van der Waals surface area contributed by atoms with Gasteiger partial charge in [-0.25, -0.2) is 0 Å². The Morgan fingerprint density at radius 2 is 1.61 bits per heavy atom. The molecule has 1 aliphatic rings. The highest BCUT2D eigenvalue weighted by atomic mass is 16.1. The monoisotopic (exact) mass is 307 g/mol. The topological polar surface area (TPSA) is 29.1 Å². The van der Waals surface area contributed by atoms with E-state index in [4.69, 9.17) is 0 Å². The number of rotatable bonds is 4. The van der Waals surface area contributed by atoms with Crippen LogP contribution in [-0.2, 0) is 25.7 Å². The van der Waals surface area contributed by atoms with Crippen molar-refractivity contribution in [1.29, 1.82) is 0 Å². The number of carbonyl (C=O) groups excluding carboxylic acids is 1. The highest BCUT2D eigenvalue weighted by Crippen LogP contribution is 2.25. The van der Waals surface area contributed by atoms with Crippen molar-refractivity contribution in [2.24, 2.45) is 0 Å². The van der Waals surface area contributed by atoms with Gasteiger partial charge in [0, 0.05) is 11.3 Å². The van der Waals surface area contributed by atoms with Crippen LogP contribution in [0.5, 0.6) is 0 Å². The summed E-state index contributed by atoms with van der Waals surface area (Å²) in [5.41, 5.74) is 6.95. The van der Waals surface area contributed by atoms with Crippen molar-refractivity contribution in [2.75, 3.05) is 5.32 Å². The third-order valence-electron chi connectivity index (χ3n) is 4.85. The van der Waals surface area contributed by atoms with Crippen LogP contribution >= 0.6 is 0 Å². The van der Waals surface area contributed by atoms with Crippen LogP contribution in [0.15, 0.2) is 36.4 Å². The summed E-state index contributed by atoms with van der Waals surface area (Å²) >= 11 is 0. The van der Waals surface area contributed by atoms with Crippen molar-refractivity contribution in [3.8, 4) is 0 Å². The lowest BCUT2D eigenvalue weighted by atomic mass is 9.90. The molecule has 0 heterocycles. The minimum atomic E-state index is 0.00831. The van der Waals surface area contributed by atoms with Crippen LogP contribution < -0.4 is 5.32 Å². The lowest BCUT2D eigenvalue weighted by molar-refractivity contribution is 0.102. The molecule has 23 heavy (non-hydrogen) atoms. The molecule has 0 unspecified atom stereocenters. The predicted molar refractivity (Wildman–Crippen MR) is 96.2 cm³/mol. The molecule has 0 bridgehead atoms. The number of aryl methyl sites for hydroxylation is 4. The van der Waals surface area contributed by atoms with Crippen molar-refractivity contribution in [3.63, 3.8) is 0 Å². The van der Waals surface area contributed by atoms with Gasteiger partial charge >= 0.3 is 0 Å². The predicted octanol–water partition coefficient (Wildman–Crippen LogP) is 4.94. The van der Waals surface area contributed by atoms with Gasteiger partial charge in [-0.15, -0.1) is 0 Å². The Hall–Kier alpha value is -2.09. The van der Waals surface area contributed by atoms with Crippen molar-refractivity contribution in [3.05, 3.63) is 64.2 Å². The number of nitrogens with one attached hydrogen (secondary N) is 1. The first kappa shape index (κ1) is 15.8. The molecule has 0 atom stereocenters. The Morgan fingerprint density at radius 1 is 0.957 bits per heavy atom. The number of hydrogen-bond donors (Lipinski definition) is 1. The molecule has 0 aliphatic heterocycles. The van der Waals surface area contributed by atoms with E-state index in [9.17, 15) is 4.79 Å². The van der Waals surface area contributed by atoms with Crippen LogP contribution in [-0.4, -0.2) is 5.91 Å². The average Bonchev–Trinajstić information content (AvgIpc) is 2.61. The van der Waals surface area contributed by atoms with E-state index >= 15 is 0 Å². The Bertz CT molecular complexity index is 696. The molecule has 0 fully saturated rings. The minimum absolute atomic E-state index is 0.00831. The van der Waals surface area contributed by atoms with Gasteiger partial charge in [-0.05, 0) is 72.9 Å². The van der Waals surface area contributed by atoms with E-state index < -0.39 is 0 Å². The number of para-hydroxylation sites is 1. The summed E-state index contributed by atoms with van der Waals surface area (Å²) in [6, 6.07) is 12.5. The molecule has 120 valence electrons. The van der Waals surface area contributed by atoms with E-state index in [-0.39, 0.29) is 5.91 Å². The molecule has 2 nitrogen and oxygen atoms in total. The van der Waals surface area contributed by atoms with E-state index in [2.05, 4.69) is 49.5 Å². The van der Waals surface area contributed by atoms with Crippen LogP contribution in [0.25, 0.3) is 0 Å². The Morgan fingerprint density at radius 3 is 2.26 bits per heavy atom. The van der Waals surface area contributed by atoms with E-state index in [0.717, 1.165) is 36.9 Å². The highest BCUT2D eigenvalue weighted by Gasteiger charge is 2.15. The van der Waals surface area contributed by atoms with Gasteiger partial charge in [-0.2, -0.15) is 0 Å². The summed E-state index contributed by atoms with van der Waals surface area (Å²) in [5, 5.41) is 3.17. The van der Waals surface area contributed by atoms with Crippen molar-refractivity contribution in [1.82, 2.24) is 0 Å². The van der Waals surface area contributed by atoms with Gasteiger partial charge in [-0.3, -0.25) is 4.79 Å². The fourth-order valence-electron chi connectivity index (χ4n) is 3.46. The summed E-state index contributed by atoms with van der Waals surface area (Å²) in [6.45, 7) is 4.26. The summed E-state index contributed by atoms with van der Waals surface area (Å²) in [7, 11) is 0. The Balaban J connectivity index is 1.88. The third kappa shape index (κ3) is 3.31. The molecule has 2 aromatic rings. The second-order valence-electron chi connectivity index (χ2n) is 6.30. The lowest BCUT2D eigenvalue weighted by Gasteiger charge is -2.18. The van der Waals surface area contributed by atoms with Crippen molar-refractivity contribution >= 4 is 11.6 Å². The first-order valence-corrected chi connectivity index (χ1v) is 8.76. The first-order valence-electron chi connectivity index (χ1n) is 8.76. The maximum absolute atomic E-state index is 12.7. The molecule has 1 aliphatic carbocycles. The lowest BCUT2D eigenvalue weighted by Crippen LogP contribution is -2.16. The quantitative estimate of drug-likeness (QED) is 0.851. The Kier molecular flexibility index (Phi) is 4.80. The first-order chi connectivity index (χ1) is 11.2. The summed E-state index contributed by atoms with van der Waals surface area (Å²) in [6.07, 6.45) is 6.60. The van der Waals surface area contributed by atoms with E-state index in [1.54, 1.807) is 0 Å². The number of carbonyl (C=O) groups is 1. The van der Waals surface area contributed by atoms with Gasteiger partial charge in [0.15, 0.2) is 0 Å². The summed E-state index contributed by atoms with van der Waals surface area (Å²) < 4.78 is 0. The number of amides is 1. The number of fused-ring (bicyclic) bond motifs is 1. The van der Waals surface area contributed by atoms with E-state index in [1.807, 2.05) is 6.07 Å². The number of anilines is 1. The second kappa shape index (κ2) is 6.99. The number of hydrogen-bond acceptors (Lipinski definition) is 1. The largest absolute Gasteiger partial charge is 0.321 e. The van der Waals surface area contributed by atoms with Gasteiger partial charge in [0.2, 0.25) is 0 Å². The average molecular weight is 307 g/mol. The van der Waals surface area contributed by atoms with E-state index in [0.29, 0.717) is 0 Å². The van der Waals surface area contributed by atoms with Crippen molar-refractivity contribution in [2.45, 2.75) is 52.4 Å². The van der Waals surface area contributed by atoms with Crippen molar-refractivity contribution < 1.29 is 4.79 Å². The van der Waals surface area contributed by atoms with E-state index in [1.165, 1.54) is 35.1 Å². The highest BCUT2D eigenvalue weighted by molar-refractivity contribution is 6.05. The zero-order chi connectivity index (χ0) is 16.2. The van der Waals surface area contributed by atoms with Crippen LogP contribution in [0.1, 0.15) is 59.3 Å². The molecule has 0 saturated heterocycles. The Labute approximate surface area is 138 Å². The zero-order valence-electron chi connectivity index (χ0n) is 14.1. The molecule has 0 spiro atoms. The molecule has 0 radical (unpaired) electrons. The normalized spacial score (nSPS) is 13.5.